The van der Waals surface area contributed by atoms with Crippen LogP contribution in [0.2, 0.25) is 0 Å². The number of nitrogens with zero attached hydrogens (tertiary/aromatic N) is 3. The monoisotopic (exact) mass is 220 g/mol. The molecule has 2 unspecified atom stereocenters. The molecule has 2 heterocycles. The van der Waals surface area contributed by atoms with Gasteiger partial charge in [0.05, 0.1) is 12.4 Å². The summed E-state index contributed by atoms with van der Waals surface area (Å²) in [5, 5.41) is 3.04. The van der Waals surface area contributed by atoms with Crippen LogP contribution < -0.4 is 10.2 Å². The Morgan fingerprint density at radius 2 is 2.25 bits per heavy atom. The standard InChI is InChI=1S/C12H20N4/c1-4-10-6-5-9(2)16(10)12-8-14-7-11(13-3)15-12/h7-10H,4-6H2,1-3H3,(H,13,15). The van der Waals surface area contributed by atoms with E-state index in [0.717, 1.165) is 11.6 Å². The zero-order valence-electron chi connectivity index (χ0n) is 10.3. The Hall–Kier alpha value is -1.32. The number of hydrogen-bond acceptors (Lipinski definition) is 4. The van der Waals surface area contributed by atoms with Crippen molar-refractivity contribution in [3.05, 3.63) is 12.4 Å². The normalized spacial score (nSPS) is 24.8. The zero-order chi connectivity index (χ0) is 11.5. The molecule has 88 valence electrons. The second-order valence-corrected chi connectivity index (χ2v) is 4.41. The van der Waals surface area contributed by atoms with Gasteiger partial charge < -0.3 is 10.2 Å². The molecule has 0 aromatic carbocycles. The van der Waals surface area contributed by atoms with E-state index >= 15 is 0 Å². The highest BCUT2D eigenvalue weighted by Gasteiger charge is 2.30. The maximum atomic E-state index is 4.57. The lowest BCUT2D eigenvalue weighted by Crippen LogP contribution is -2.34. The third kappa shape index (κ3) is 1.96. The van der Waals surface area contributed by atoms with Gasteiger partial charge in [-0.3, -0.25) is 4.98 Å². The molecule has 2 atom stereocenters. The predicted molar refractivity (Wildman–Crippen MR) is 66.8 cm³/mol. The van der Waals surface area contributed by atoms with Crippen LogP contribution in [0, 0.1) is 0 Å². The van der Waals surface area contributed by atoms with Crippen LogP contribution in [0.4, 0.5) is 11.6 Å². The second-order valence-electron chi connectivity index (χ2n) is 4.41. The van der Waals surface area contributed by atoms with Crippen molar-refractivity contribution in [1.29, 1.82) is 0 Å². The highest BCUT2D eigenvalue weighted by molar-refractivity contribution is 5.46. The number of rotatable bonds is 3. The van der Waals surface area contributed by atoms with E-state index < -0.39 is 0 Å². The molecule has 0 amide bonds. The Morgan fingerprint density at radius 1 is 1.44 bits per heavy atom. The molecule has 0 saturated carbocycles. The molecular formula is C12H20N4. The average molecular weight is 220 g/mol. The fourth-order valence-corrected chi connectivity index (χ4v) is 2.49. The lowest BCUT2D eigenvalue weighted by molar-refractivity contribution is 0.620. The van der Waals surface area contributed by atoms with Gasteiger partial charge in [-0.05, 0) is 26.2 Å². The lowest BCUT2D eigenvalue weighted by atomic mass is 10.1. The van der Waals surface area contributed by atoms with Crippen molar-refractivity contribution in [2.24, 2.45) is 0 Å². The first-order valence-corrected chi connectivity index (χ1v) is 6.04. The summed E-state index contributed by atoms with van der Waals surface area (Å²) in [5.41, 5.74) is 0. The van der Waals surface area contributed by atoms with Crippen LogP contribution in [0.15, 0.2) is 12.4 Å². The average Bonchev–Trinajstić information content (AvgIpc) is 2.70. The smallest absolute Gasteiger partial charge is 0.150 e. The van der Waals surface area contributed by atoms with Crippen molar-refractivity contribution in [2.75, 3.05) is 17.3 Å². The minimum atomic E-state index is 0.575. The Bertz CT molecular complexity index is 353. The number of nitrogens with one attached hydrogen (secondary N) is 1. The van der Waals surface area contributed by atoms with Gasteiger partial charge in [0.2, 0.25) is 0 Å². The van der Waals surface area contributed by atoms with E-state index in [1.807, 2.05) is 13.2 Å². The van der Waals surface area contributed by atoms with Crippen LogP contribution >= 0.6 is 0 Å². The van der Waals surface area contributed by atoms with E-state index in [0.29, 0.717) is 12.1 Å². The third-order valence-electron chi connectivity index (χ3n) is 3.40. The van der Waals surface area contributed by atoms with Crippen molar-refractivity contribution in [2.45, 2.75) is 45.2 Å². The Morgan fingerprint density at radius 3 is 2.94 bits per heavy atom. The summed E-state index contributed by atoms with van der Waals surface area (Å²) in [6.07, 6.45) is 7.32. The summed E-state index contributed by atoms with van der Waals surface area (Å²) in [4.78, 5) is 11.2. The quantitative estimate of drug-likeness (QED) is 0.848. The van der Waals surface area contributed by atoms with Crippen LogP contribution in [0.1, 0.15) is 33.1 Å². The van der Waals surface area contributed by atoms with Gasteiger partial charge >= 0.3 is 0 Å². The predicted octanol–water partition coefficient (Wildman–Crippen LogP) is 2.29. The van der Waals surface area contributed by atoms with Crippen molar-refractivity contribution < 1.29 is 0 Å². The van der Waals surface area contributed by atoms with Gasteiger partial charge in [0.15, 0.2) is 0 Å². The highest BCUT2D eigenvalue weighted by Crippen LogP contribution is 2.30. The topological polar surface area (TPSA) is 41.1 Å². The molecule has 1 aromatic heterocycles. The Kier molecular flexibility index (Phi) is 3.27. The summed E-state index contributed by atoms with van der Waals surface area (Å²) in [5.74, 6) is 1.84. The lowest BCUT2D eigenvalue weighted by Gasteiger charge is -2.28. The maximum absolute atomic E-state index is 4.57. The molecule has 1 aromatic rings. The highest BCUT2D eigenvalue weighted by atomic mass is 15.3. The molecule has 0 aliphatic carbocycles. The molecule has 1 N–H and O–H groups in total. The van der Waals surface area contributed by atoms with E-state index in [-0.39, 0.29) is 0 Å². The number of hydrogen-bond donors (Lipinski definition) is 1. The molecule has 1 saturated heterocycles. The molecule has 0 bridgehead atoms. The molecule has 0 radical (unpaired) electrons. The van der Waals surface area contributed by atoms with Crippen LogP contribution in [0.5, 0.6) is 0 Å². The van der Waals surface area contributed by atoms with Crippen LogP contribution in [0.3, 0.4) is 0 Å². The van der Waals surface area contributed by atoms with Crippen molar-refractivity contribution in [1.82, 2.24) is 9.97 Å². The Labute approximate surface area is 97.1 Å². The fraction of sp³-hybridized carbons (Fsp3) is 0.667. The van der Waals surface area contributed by atoms with Crippen molar-refractivity contribution in [3.63, 3.8) is 0 Å². The number of anilines is 2. The van der Waals surface area contributed by atoms with E-state index in [2.05, 4.69) is 34.0 Å². The summed E-state index contributed by atoms with van der Waals surface area (Å²) in [7, 11) is 1.87. The molecule has 0 spiro atoms. The molecule has 1 aliphatic heterocycles. The van der Waals surface area contributed by atoms with Crippen molar-refractivity contribution in [3.8, 4) is 0 Å². The summed E-state index contributed by atoms with van der Waals surface area (Å²) in [6.45, 7) is 4.51. The first kappa shape index (κ1) is 11.2. The minimum absolute atomic E-state index is 0.575. The van der Waals surface area contributed by atoms with Crippen LogP contribution in [-0.2, 0) is 0 Å². The molecular weight excluding hydrogens is 200 g/mol. The molecule has 16 heavy (non-hydrogen) atoms. The molecule has 4 heteroatoms. The number of aromatic nitrogens is 2. The summed E-state index contributed by atoms with van der Waals surface area (Å²) >= 11 is 0. The molecule has 1 aliphatic rings. The van der Waals surface area contributed by atoms with Crippen LogP contribution in [-0.4, -0.2) is 29.1 Å². The van der Waals surface area contributed by atoms with Gasteiger partial charge in [0.25, 0.3) is 0 Å². The Balaban J connectivity index is 2.27. The summed E-state index contributed by atoms with van der Waals surface area (Å²) < 4.78 is 0. The first-order chi connectivity index (χ1) is 7.76. The van der Waals surface area contributed by atoms with Crippen LogP contribution in [0.25, 0.3) is 0 Å². The van der Waals surface area contributed by atoms with Gasteiger partial charge in [0, 0.05) is 19.1 Å². The maximum Gasteiger partial charge on any atom is 0.150 e. The van der Waals surface area contributed by atoms with Gasteiger partial charge in [-0.15, -0.1) is 0 Å². The third-order valence-corrected chi connectivity index (χ3v) is 3.40. The molecule has 1 fully saturated rings. The summed E-state index contributed by atoms with van der Waals surface area (Å²) in [6, 6.07) is 1.20. The zero-order valence-corrected chi connectivity index (χ0v) is 10.3. The van der Waals surface area contributed by atoms with E-state index in [4.69, 9.17) is 0 Å². The molecule has 2 rings (SSSR count). The van der Waals surface area contributed by atoms with Crippen molar-refractivity contribution >= 4 is 11.6 Å². The first-order valence-electron chi connectivity index (χ1n) is 6.04. The van der Waals surface area contributed by atoms with E-state index in [1.54, 1.807) is 6.20 Å². The molecule has 4 nitrogen and oxygen atoms in total. The van der Waals surface area contributed by atoms with E-state index in [9.17, 15) is 0 Å². The van der Waals surface area contributed by atoms with Gasteiger partial charge in [0.1, 0.15) is 11.6 Å². The van der Waals surface area contributed by atoms with Gasteiger partial charge in [-0.2, -0.15) is 0 Å². The van der Waals surface area contributed by atoms with Gasteiger partial charge in [-0.25, -0.2) is 4.98 Å². The SMILES string of the molecule is CCC1CCC(C)N1c1cncc(NC)n1. The largest absolute Gasteiger partial charge is 0.372 e. The fourth-order valence-electron chi connectivity index (χ4n) is 2.49. The minimum Gasteiger partial charge on any atom is -0.372 e. The second kappa shape index (κ2) is 4.68. The van der Waals surface area contributed by atoms with Gasteiger partial charge in [-0.1, -0.05) is 6.92 Å². The van der Waals surface area contributed by atoms with E-state index in [1.165, 1.54) is 19.3 Å².